The summed E-state index contributed by atoms with van der Waals surface area (Å²) in [6.45, 7) is 7.76. The molecule has 2 aromatic rings. The number of aromatic nitrogens is 1. The van der Waals surface area contributed by atoms with Crippen LogP contribution in [0.3, 0.4) is 0 Å². The molecule has 0 radical (unpaired) electrons. The molecule has 2 aliphatic rings. The summed E-state index contributed by atoms with van der Waals surface area (Å²) in [5, 5.41) is 0. The molecular formula is C21H26N4O. The first-order chi connectivity index (χ1) is 12.6. The van der Waals surface area contributed by atoms with Crippen molar-refractivity contribution >= 4 is 17.4 Å². The van der Waals surface area contributed by atoms with Gasteiger partial charge in [-0.1, -0.05) is 24.3 Å². The molecule has 0 unspecified atom stereocenters. The normalized spacial score (nSPS) is 21.5. The molecule has 0 bridgehead atoms. The number of pyridine rings is 1. The van der Waals surface area contributed by atoms with Gasteiger partial charge in [-0.2, -0.15) is 0 Å². The zero-order chi connectivity index (χ0) is 18.1. The van der Waals surface area contributed by atoms with E-state index < -0.39 is 0 Å². The fraction of sp³-hybridized carbons (Fsp3) is 0.429. The van der Waals surface area contributed by atoms with Crippen molar-refractivity contribution in [3.8, 4) is 0 Å². The van der Waals surface area contributed by atoms with Crippen molar-refractivity contribution in [1.29, 1.82) is 0 Å². The van der Waals surface area contributed by atoms with Gasteiger partial charge in [-0.25, -0.2) is 4.98 Å². The maximum atomic E-state index is 13.2. The smallest absolute Gasteiger partial charge is 0.244 e. The van der Waals surface area contributed by atoms with Crippen LogP contribution in [0.1, 0.15) is 19.4 Å². The maximum Gasteiger partial charge on any atom is 0.244 e. The van der Waals surface area contributed by atoms with Crippen molar-refractivity contribution in [2.45, 2.75) is 32.4 Å². The predicted octanol–water partition coefficient (Wildman–Crippen LogP) is 2.57. The van der Waals surface area contributed by atoms with Crippen molar-refractivity contribution < 1.29 is 4.79 Å². The maximum absolute atomic E-state index is 13.2. The van der Waals surface area contributed by atoms with E-state index in [9.17, 15) is 4.79 Å². The first-order valence-corrected chi connectivity index (χ1v) is 9.46. The summed E-state index contributed by atoms with van der Waals surface area (Å²) in [4.78, 5) is 24.3. The third-order valence-corrected chi connectivity index (χ3v) is 5.64. The largest absolute Gasteiger partial charge is 0.354 e. The molecular weight excluding hydrogens is 324 g/mol. The van der Waals surface area contributed by atoms with E-state index in [0.717, 1.165) is 44.1 Å². The van der Waals surface area contributed by atoms with Crippen LogP contribution in [0.5, 0.6) is 0 Å². The number of nitrogens with zero attached hydrogens (tertiary/aromatic N) is 4. The Morgan fingerprint density at radius 3 is 2.54 bits per heavy atom. The molecule has 136 valence electrons. The number of anilines is 2. The van der Waals surface area contributed by atoms with Gasteiger partial charge in [0.05, 0.1) is 6.04 Å². The second-order valence-electron chi connectivity index (χ2n) is 7.28. The number of rotatable bonds is 3. The zero-order valence-electron chi connectivity index (χ0n) is 15.5. The molecule has 1 fully saturated rings. The Balaban J connectivity index is 1.42. The van der Waals surface area contributed by atoms with Crippen molar-refractivity contribution in [3.05, 3.63) is 54.2 Å². The Labute approximate surface area is 155 Å². The van der Waals surface area contributed by atoms with Crippen LogP contribution < -0.4 is 9.80 Å². The van der Waals surface area contributed by atoms with E-state index in [-0.39, 0.29) is 18.0 Å². The van der Waals surface area contributed by atoms with E-state index in [1.165, 1.54) is 5.56 Å². The van der Waals surface area contributed by atoms with Gasteiger partial charge in [0, 0.05) is 44.1 Å². The lowest BCUT2D eigenvalue weighted by Gasteiger charge is -2.39. The van der Waals surface area contributed by atoms with Crippen molar-refractivity contribution in [1.82, 2.24) is 9.88 Å². The summed E-state index contributed by atoms with van der Waals surface area (Å²) < 4.78 is 0. The summed E-state index contributed by atoms with van der Waals surface area (Å²) in [6, 6.07) is 14.4. The van der Waals surface area contributed by atoms with Gasteiger partial charge in [-0.05, 0) is 44.0 Å². The third kappa shape index (κ3) is 3.07. The number of hydrogen-bond acceptors (Lipinski definition) is 4. The Bertz CT molecular complexity index is 771. The SMILES string of the molecule is C[C@@H](C(=O)N1c2ccccc2C[C@@H]1C)N1CCN(c2ccccn2)CC1. The molecule has 5 heteroatoms. The number of fused-ring (bicyclic) bond motifs is 1. The van der Waals surface area contributed by atoms with E-state index in [1.54, 1.807) is 0 Å². The van der Waals surface area contributed by atoms with Gasteiger partial charge in [-0.15, -0.1) is 0 Å². The highest BCUT2D eigenvalue weighted by Crippen LogP contribution is 2.32. The number of carbonyl (C=O) groups is 1. The molecule has 5 nitrogen and oxygen atoms in total. The van der Waals surface area contributed by atoms with Gasteiger partial charge < -0.3 is 9.80 Å². The van der Waals surface area contributed by atoms with Gasteiger partial charge in [-0.3, -0.25) is 9.69 Å². The van der Waals surface area contributed by atoms with Gasteiger partial charge >= 0.3 is 0 Å². The van der Waals surface area contributed by atoms with Crippen LogP contribution in [0.4, 0.5) is 11.5 Å². The lowest BCUT2D eigenvalue weighted by molar-refractivity contribution is -0.123. The predicted molar refractivity (Wildman–Crippen MR) is 105 cm³/mol. The molecule has 1 aromatic heterocycles. The molecule has 1 saturated heterocycles. The molecule has 0 spiro atoms. The standard InChI is InChI=1S/C21H26N4O/c1-16-15-18-7-3-4-8-19(18)25(16)21(26)17(2)23-11-13-24(14-12-23)20-9-5-6-10-22-20/h3-10,16-17H,11-15H2,1-2H3/t16-,17-/m0/s1. The average Bonchev–Trinajstić information content (AvgIpc) is 3.03. The third-order valence-electron chi connectivity index (χ3n) is 5.64. The Morgan fingerprint density at radius 2 is 1.81 bits per heavy atom. The van der Waals surface area contributed by atoms with Gasteiger partial charge in [0.15, 0.2) is 0 Å². The van der Waals surface area contributed by atoms with Gasteiger partial charge in [0.1, 0.15) is 5.82 Å². The highest BCUT2D eigenvalue weighted by molar-refractivity contribution is 5.99. The average molecular weight is 350 g/mol. The minimum atomic E-state index is -0.102. The molecule has 1 aromatic carbocycles. The molecule has 1 amide bonds. The van der Waals surface area contributed by atoms with Crippen LogP contribution in [-0.4, -0.2) is 54.1 Å². The molecule has 4 rings (SSSR count). The lowest BCUT2D eigenvalue weighted by Crippen LogP contribution is -2.55. The Hall–Kier alpha value is -2.40. The van der Waals surface area contributed by atoms with Crippen LogP contribution in [-0.2, 0) is 11.2 Å². The second-order valence-corrected chi connectivity index (χ2v) is 7.28. The first kappa shape index (κ1) is 17.0. The molecule has 0 saturated carbocycles. The summed E-state index contributed by atoms with van der Waals surface area (Å²) in [5.74, 6) is 1.24. The number of hydrogen-bond donors (Lipinski definition) is 0. The van der Waals surface area contributed by atoms with E-state index in [0.29, 0.717) is 0 Å². The van der Waals surface area contributed by atoms with E-state index in [1.807, 2.05) is 42.3 Å². The summed E-state index contributed by atoms with van der Waals surface area (Å²) in [7, 11) is 0. The van der Waals surface area contributed by atoms with Crippen molar-refractivity contribution in [3.63, 3.8) is 0 Å². The van der Waals surface area contributed by atoms with Gasteiger partial charge in [0.25, 0.3) is 0 Å². The first-order valence-electron chi connectivity index (χ1n) is 9.46. The van der Waals surface area contributed by atoms with E-state index in [4.69, 9.17) is 0 Å². The number of para-hydroxylation sites is 1. The summed E-state index contributed by atoms with van der Waals surface area (Å²) in [5.41, 5.74) is 2.37. The summed E-state index contributed by atoms with van der Waals surface area (Å²) >= 11 is 0. The molecule has 3 heterocycles. The van der Waals surface area contributed by atoms with E-state index in [2.05, 4.69) is 39.9 Å². The monoisotopic (exact) mass is 350 g/mol. The highest BCUT2D eigenvalue weighted by Gasteiger charge is 2.35. The van der Waals surface area contributed by atoms with Crippen LogP contribution in [0.2, 0.25) is 0 Å². The molecule has 0 N–H and O–H groups in total. The molecule has 0 aliphatic carbocycles. The molecule has 2 atom stereocenters. The van der Waals surface area contributed by atoms with E-state index >= 15 is 0 Å². The fourth-order valence-corrected chi connectivity index (χ4v) is 4.14. The van der Waals surface area contributed by atoms with Crippen LogP contribution in [0, 0.1) is 0 Å². The number of benzene rings is 1. The number of amides is 1. The highest BCUT2D eigenvalue weighted by atomic mass is 16.2. The molecule has 2 aliphatic heterocycles. The zero-order valence-corrected chi connectivity index (χ0v) is 15.5. The second kappa shape index (κ2) is 7.08. The Morgan fingerprint density at radius 1 is 1.08 bits per heavy atom. The Kier molecular flexibility index (Phi) is 4.64. The number of carbonyl (C=O) groups excluding carboxylic acids is 1. The fourth-order valence-electron chi connectivity index (χ4n) is 4.14. The van der Waals surface area contributed by atoms with Crippen LogP contribution in [0.25, 0.3) is 0 Å². The minimum absolute atomic E-state index is 0.102. The van der Waals surface area contributed by atoms with Crippen molar-refractivity contribution in [2.75, 3.05) is 36.0 Å². The van der Waals surface area contributed by atoms with Crippen molar-refractivity contribution in [2.24, 2.45) is 0 Å². The number of piperazine rings is 1. The quantitative estimate of drug-likeness (QED) is 0.853. The topological polar surface area (TPSA) is 39.7 Å². The molecule has 26 heavy (non-hydrogen) atoms. The minimum Gasteiger partial charge on any atom is -0.354 e. The van der Waals surface area contributed by atoms with Crippen LogP contribution >= 0.6 is 0 Å². The van der Waals surface area contributed by atoms with Gasteiger partial charge in [0.2, 0.25) is 5.91 Å². The van der Waals surface area contributed by atoms with Crippen LogP contribution in [0.15, 0.2) is 48.7 Å². The summed E-state index contributed by atoms with van der Waals surface area (Å²) in [6.07, 6.45) is 2.78. The lowest BCUT2D eigenvalue weighted by atomic mass is 10.1.